The van der Waals surface area contributed by atoms with Crippen molar-refractivity contribution in [1.82, 2.24) is 5.43 Å². The summed E-state index contributed by atoms with van der Waals surface area (Å²) >= 11 is 0. The molecule has 0 fully saturated rings. The van der Waals surface area contributed by atoms with Crippen LogP contribution in [0.1, 0.15) is 18.1 Å². The molecule has 1 N–H and O–H groups in total. The lowest BCUT2D eigenvalue weighted by atomic mass is 10.2. The minimum absolute atomic E-state index is 0.304. The molecule has 1 aromatic rings. The lowest BCUT2D eigenvalue weighted by Crippen LogP contribution is -2.18. The quantitative estimate of drug-likeness (QED) is 0.617. The first-order chi connectivity index (χ1) is 7.76. The molecule has 0 unspecified atom stereocenters. The SMILES string of the molecule is CCOC(=O)N/N=C\c1ccc(C#N)cc1. The molecule has 0 saturated carbocycles. The predicted octanol–water partition coefficient (Wildman–Crippen LogP) is 1.64. The maximum absolute atomic E-state index is 10.8. The molecule has 0 bridgehead atoms. The Labute approximate surface area is 93.3 Å². The number of benzene rings is 1. The molecule has 0 radical (unpaired) electrons. The zero-order chi connectivity index (χ0) is 11.8. The molecule has 16 heavy (non-hydrogen) atoms. The first-order valence-corrected chi connectivity index (χ1v) is 4.72. The molecule has 0 aliphatic carbocycles. The van der Waals surface area contributed by atoms with Gasteiger partial charge >= 0.3 is 6.09 Å². The van der Waals surface area contributed by atoms with Gasteiger partial charge in [0.2, 0.25) is 0 Å². The number of nitrogens with one attached hydrogen (secondary N) is 1. The first kappa shape index (κ1) is 11.7. The van der Waals surface area contributed by atoms with E-state index in [1.165, 1.54) is 6.21 Å². The van der Waals surface area contributed by atoms with Crippen molar-refractivity contribution in [1.29, 1.82) is 5.26 Å². The number of hydrogen-bond acceptors (Lipinski definition) is 4. The molecular weight excluding hydrogens is 206 g/mol. The Balaban J connectivity index is 2.50. The Hall–Kier alpha value is -2.35. The van der Waals surface area contributed by atoms with Gasteiger partial charge < -0.3 is 4.74 Å². The number of ether oxygens (including phenoxy) is 1. The van der Waals surface area contributed by atoms with Crippen LogP contribution in [-0.2, 0) is 4.74 Å². The summed E-state index contributed by atoms with van der Waals surface area (Å²) in [5, 5.41) is 12.3. The molecule has 1 rings (SSSR count). The molecule has 0 heterocycles. The standard InChI is InChI=1S/C11H11N3O2/c1-2-16-11(15)14-13-8-10-5-3-9(7-12)4-6-10/h3-6,8H,2H2,1H3,(H,14,15)/b13-8-. The zero-order valence-electron chi connectivity index (χ0n) is 8.80. The summed E-state index contributed by atoms with van der Waals surface area (Å²) < 4.78 is 4.61. The topological polar surface area (TPSA) is 74.5 Å². The summed E-state index contributed by atoms with van der Waals surface area (Å²) in [7, 11) is 0. The Bertz CT molecular complexity index is 418. The normalized spacial score (nSPS) is 9.75. The molecule has 5 nitrogen and oxygen atoms in total. The minimum Gasteiger partial charge on any atom is -0.449 e. The van der Waals surface area contributed by atoms with Gasteiger partial charge in [0.25, 0.3) is 0 Å². The van der Waals surface area contributed by atoms with Gasteiger partial charge in [0.15, 0.2) is 0 Å². The molecule has 0 aliphatic rings. The molecule has 82 valence electrons. The fourth-order valence-electron chi connectivity index (χ4n) is 0.967. The van der Waals surface area contributed by atoms with Crippen molar-refractivity contribution in [2.24, 2.45) is 5.10 Å². The van der Waals surface area contributed by atoms with Gasteiger partial charge in [-0.3, -0.25) is 0 Å². The molecule has 1 aromatic carbocycles. The third kappa shape index (κ3) is 3.80. The van der Waals surface area contributed by atoms with Crippen molar-refractivity contribution in [2.45, 2.75) is 6.92 Å². The number of hydrazone groups is 1. The third-order valence-electron chi connectivity index (χ3n) is 1.68. The van der Waals surface area contributed by atoms with E-state index in [4.69, 9.17) is 5.26 Å². The van der Waals surface area contributed by atoms with Crippen LogP contribution in [0.3, 0.4) is 0 Å². The summed E-state index contributed by atoms with van der Waals surface area (Å²) in [6.45, 7) is 2.02. The second-order valence-electron chi connectivity index (χ2n) is 2.82. The lowest BCUT2D eigenvalue weighted by Gasteiger charge is -1.98. The smallest absolute Gasteiger partial charge is 0.427 e. The number of hydrogen-bond donors (Lipinski definition) is 1. The summed E-state index contributed by atoms with van der Waals surface area (Å²) in [5.74, 6) is 0. The van der Waals surface area contributed by atoms with Crippen LogP contribution in [0, 0.1) is 11.3 Å². The highest BCUT2D eigenvalue weighted by molar-refractivity contribution is 5.80. The van der Waals surface area contributed by atoms with E-state index in [1.807, 2.05) is 6.07 Å². The van der Waals surface area contributed by atoms with Gasteiger partial charge in [-0.25, -0.2) is 10.2 Å². The molecular formula is C11H11N3O2. The average Bonchev–Trinajstić information content (AvgIpc) is 2.30. The summed E-state index contributed by atoms with van der Waals surface area (Å²) in [4.78, 5) is 10.8. The highest BCUT2D eigenvalue weighted by Gasteiger charge is 1.95. The van der Waals surface area contributed by atoms with Crippen molar-refractivity contribution in [3.05, 3.63) is 35.4 Å². The van der Waals surface area contributed by atoms with Gasteiger partial charge in [-0.05, 0) is 24.6 Å². The zero-order valence-corrected chi connectivity index (χ0v) is 8.80. The monoisotopic (exact) mass is 217 g/mol. The van der Waals surface area contributed by atoms with E-state index in [1.54, 1.807) is 31.2 Å². The highest BCUT2D eigenvalue weighted by Crippen LogP contribution is 2.00. The van der Waals surface area contributed by atoms with Gasteiger partial charge in [0, 0.05) is 0 Å². The summed E-state index contributed by atoms with van der Waals surface area (Å²) in [5.41, 5.74) is 3.57. The van der Waals surface area contributed by atoms with Crippen molar-refractivity contribution in [3.63, 3.8) is 0 Å². The molecule has 0 saturated heterocycles. The number of carbonyl (C=O) groups is 1. The van der Waals surface area contributed by atoms with Gasteiger partial charge in [0.05, 0.1) is 24.5 Å². The van der Waals surface area contributed by atoms with E-state index < -0.39 is 6.09 Å². The number of nitriles is 1. The van der Waals surface area contributed by atoms with E-state index in [9.17, 15) is 4.79 Å². The maximum Gasteiger partial charge on any atom is 0.427 e. The fourth-order valence-corrected chi connectivity index (χ4v) is 0.967. The maximum atomic E-state index is 10.8. The number of amides is 1. The van der Waals surface area contributed by atoms with E-state index >= 15 is 0 Å². The van der Waals surface area contributed by atoms with Crippen LogP contribution in [-0.4, -0.2) is 18.9 Å². The van der Waals surface area contributed by atoms with Crippen molar-refractivity contribution >= 4 is 12.3 Å². The molecule has 0 spiro atoms. The van der Waals surface area contributed by atoms with Crippen LogP contribution in [0.15, 0.2) is 29.4 Å². The van der Waals surface area contributed by atoms with Crippen LogP contribution < -0.4 is 5.43 Å². The van der Waals surface area contributed by atoms with Gasteiger partial charge in [-0.15, -0.1) is 0 Å². The van der Waals surface area contributed by atoms with E-state index in [2.05, 4.69) is 15.3 Å². The minimum atomic E-state index is -0.590. The number of carbonyl (C=O) groups excluding carboxylic acids is 1. The van der Waals surface area contributed by atoms with Crippen molar-refractivity contribution in [3.8, 4) is 6.07 Å². The van der Waals surface area contributed by atoms with Crippen molar-refractivity contribution in [2.75, 3.05) is 6.61 Å². The Morgan fingerprint density at radius 2 is 2.25 bits per heavy atom. The van der Waals surface area contributed by atoms with E-state index in [0.717, 1.165) is 5.56 Å². The van der Waals surface area contributed by atoms with Crippen LogP contribution in [0.4, 0.5) is 4.79 Å². The van der Waals surface area contributed by atoms with Gasteiger partial charge in [-0.2, -0.15) is 10.4 Å². The lowest BCUT2D eigenvalue weighted by molar-refractivity contribution is 0.152. The van der Waals surface area contributed by atoms with Crippen LogP contribution in [0.2, 0.25) is 0 Å². The second-order valence-corrected chi connectivity index (χ2v) is 2.82. The Morgan fingerprint density at radius 3 is 2.81 bits per heavy atom. The second kappa shape index (κ2) is 6.19. The predicted molar refractivity (Wildman–Crippen MR) is 58.9 cm³/mol. The average molecular weight is 217 g/mol. The summed E-state index contributed by atoms with van der Waals surface area (Å²) in [6, 6.07) is 8.82. The third-order valence-corrected chi connectivity index (χ3v) is 1.68. The number of rotatable bonds is 3. The van der Waals surface area contributed by atoms with Crippen LogP contribution in [0.5, 0.6) is 0 Å². The van der Waals surface area contributed by atoms with Crippen molar-refractivity contribution < 1.29 is 9.53 Å². The van der Waals surface area contributed by atoms with Crippen LogP contribution >= 0.6 is 0 Å². The largest absolute Gasteiger partial charge is 0.449 e. The Morgan fingerprint density at radius 1 is 1.56 bits per heavy atom. The first-order valence-electron chi connectivity index (χ1n) is 4.72. The van der Waals surface area contributed by atoms with E-state index in [-0.39, 0.29) is 0 Å². The molecule has 0 aliphatic heterocycles. The molecule has 0 aromatic heterocycles. The fraction of sp³-hybridized carbons (Fsp3) is 0.182. The summed E-state index contributed by atoms with van der Waals surface area (Å²) in [6.07, 6.45) is 0.880. The number of nitrogens with zero attached hydrogens (tertiary/aromatic N) is 2. The highest BCUT2D eigenvalue weighted by atomic mass is 16.5. The Kier molecular flexibility index (Phi) is 4.54. The van der Waals surface area contributed by atoms with Gasteiger partial charge in [0.1, 0.15) is 0 Å². The molecule has 5 heteroatoms. The van der Waals surface area contributed by atoms with Gasteiger partial charge in [-0.1, -0.05) is 12.1 Å². The molecule has 1 amide bonds. The van der Waals surface area contributed by atoms with E-state index in [0.29, 0.717) is 12.2 Å². The molecule has 0 atom stereocenters. The van der Waals surface area contributed by atoms with Crippen LogP contribution in [0.25, 0.3) is 0 Å².